The Kier molecular flexibility index (Phi) is 4.42. The first-order valence-corrected chi connectivity index (χ1v) is 8.21. The van der Waals surface area contributed by atoms with Crippen molar-refractivity contribution in [3.8, 4) is 0 Å². The van der Waals surface area contributed by atoms with Gasteiger partial charge in [-0.25, -0.2) is 8.42 Å². The minimum absolute atomic E-state index is 0.182. The first-order chi connectivity index (χ1) is 9.38. The van der Waals surface area contributed by atoms with Crippen LogP contribution in [0.1, 0.15) is 5.56 Å². The molecule has 1 heterocycles. The molecule has 1 amide bonds. The van der Waals surface area contributed by atoms with Gasteiger partial charge in [0.1, 0.15) is 6.10 Å². The van der Waals surface area contributed by atoms with Crippen LogP contribution in [0, 0.1) is 6.92 Å². The summed E-state index contributed by atoms with van der Waals surface area (Å²) in [6, 6.07) is 4.67. The second kappa shape index (κ2) is 5.90. The van der Waals surface area contributed by atoms with Crippen LogP contribution in [-0.2, 0) is 19.4 Å². The molecule has 0 radical (unpaired) electrons. The molecule has 110 valence electrons. The second-order valence-electron chi connectivity index (χ2n) is 4.80. The summed E-state index contributed by atoms with van der Waals surface area (Å²) in [5.74, 6) is -0.272. The van der Waals surface area contributed by atoms with E-state index in [1.54, 1.807) is 6.07 Å². The van der Waals surface area contributed by atoms with Crippen LogP contribution in [0.25, 0.3) is 0 Å². The summed E-state index contributed by atoms with van der Waals surface area (Å²) in [5.41, 5.74) is 1.29. The zero-order chi connectivity index (χ0) is 14.8. The molecule has 0 bridgehead atoms. The van der Waals surface area contributed by atoms with Gasteiger partial charge in [-0.2, -0.15) is 0 Å². The van der Waals surface area contributed by atoms with E-state index in [9.17, 15) is 13.2 Å². The molecule has 1 atom stereocenters. The highest BCUT2D eigenvalue weighted by Gasteiger charge is 2.22. The maximum absolute atomic E-state index is 12.1. The van der Waals surface area contributed by atoms with Gasteiger partial charge in [0.05, 0.1) is 11.5 Å². The largest absolute Gasteiger partial charge is 0.366 e. The Hall–Kier alpha value is -1.44. The molecule has 1 aromatic carbocycles. The van der Waals surface area contributed by atoms with Gasteiger partial charge in [0.15, 0.2) is 9.84 Å². The Morgan fingerprint density at radius 3 is 2.80 bits per heavy atom. The number of morpholine rings is 1. The summed E-state index contributed by atoms with van der Waals surface area (Å²) >= 11 is 0. The highest BCUT2D eigenvalue weighted by atomic mass is 32.2. The van der Waals surface area contributed by atoms with Gasteiger partial charge in [-0.1, -0.05) is 6.07 Å². The number of amides is 1. The van der Waals surface area contributed by atoms with Crippen LogP contribution >= 0.6 is 0 Å². The van der Waals surface area contributed by atoms with Gasteiger partial charge in [0.25, 0.3) is 5.91 Å². The highest BCUT2D eigenvalue weighted by Crippen LogP contribution is 2.20. The molecule has 0 aromatic heterocycles. The van der Waals surface area contributed by atoms with Crippen molar-refractivity contribution < 1.29 is 17.9 Å². The minimum atomic E-state index is -3.30. The van der Waals surface area contributed by atoms with E-state index in [1.165, 1.54) is 12.1 Å². The van der Waals surface area contributed by atoms with Crippen molar-refractivity contribution in [3.63, 3.8) is 0 Å². The van der Waals surface area contributed by atoms with E-state index in [2.05, 4.69) is 10.6 Å². The fraction of sp³-hybridized carbons (Fsp3) is 0.462. The molecule has 0 spiro atoms. The molecule has 2 N–H and O–H groups in total. The molecule has 0 saturated carbocycles. The quantitative estimate of drug-likeness (QED) is 0.840. The molecule has 2 rings (SSSR count). The van der Waals surface area contributed by atoms with Gasteiger partial charge < -0.3 is 15.4 Å². The number of aryl methyl sites for hydroxylation is 1. The number of benzene rings is 1. The third-order valence-electron chi connectivity index (χ3n) is 3.12. The van der Waals surface area contributed by atoms with Gasteiger partial charge in [-0.05, 0) is 24.6 Å². The third-order valence-corrected chi connectivity index (χ3v) is 4.23. The van der Waals surface area contributed by atoms with Gasteiger partial charge in [0, 0.05) is 25.0 Å². The van der Waals surface area contributed by atoms with Gasteiger partial charge in [0.2, 0.25) is 0 Å². The van der Waals surface area contributed by atoms with Gasteiger partial charge >= 0.3 is 0 Å². The van der Waals surface area contributed by atoms with E-state index >= 15 is 0 Å². The number of hydrogen-bond donors (Lipinski definition) is 2. The fourth-order valence-electron chi connectivity index (χ4n) is 1.91. The van der Waals surface area contributed by atoms with Crippen molar-refractivity contribution in [1.29, 1.82) is 0 Å². The summed E-state index contributed by atoms with van der Waals surface area (Å²) in [6.07, 6.45) is 0.585. The predicted octanol–water partition coefficient (Wildman–Crippen LogP) is 0.325. The van der Waals surface area contributed by atoms with E-state index in [-0.39, 0.29) is 10.8 Å². The molecule has 1 aliphatic heterocycles. The van der Waals surface area contributed by atoms with Crippen molar-refractivity contribution in [3.05, 3.63) is 23.8 Å². The first-order valence-electron chi connectivity index (χ1n) is 6.32. The van der Waals surface area contributed by atoms with Crippen molar-refractivity contribution in [1.82, 2.24) is 5.32 Å². The zero-order valence-electron chi connectivity index (χ0n) is 11.5. The van der Waals surface area contributed by atoms with E-state index in [0.717, 1.165) is 18.4 Å². The van der Waals surface area contributed by atoms with Crippen LogP contribution in [0.5, 0.6) is 0 Å². The number of nitrogens with one attached hydrogen (secondary N) is 2. The lowest BCUT2D eigenvalue weighted by Gasteiger charge is -2.23. The fourth-order valence-corrected chi connectivity index (χ4v) is 2.56. The van der Waals surface area contributed by atoms with Crippen LogP contribution in [0.3, 0.4) is 0 Å². The molecule has 20 heavy (non-hydrogen) atoms. The first kappa shape index (κ1) is 15.0. The van der Waals surface area contributed by atoms with Crippen molar-refractivity contribution in [2.75, 3.05) is 31.3 Å². The van der Waals surface area contributed by atoms with Crippen LogP contribution in [0.4, 0.5) is 5.69 Å². The number of anilines is 1. The maximum Gasteiger partial charge on any atom is 0.254 e. The lowest BCUT2D eigenvalue weighted by Crippen LogP contribution is -2.45. The maximum atomic E-state index is 12.1. The molecule has 7 heteroatoms. The van der Waals surface area contributed by atoms with Crippen molar-refractivity contribution in [2.45, 2.75) is 17.9 Å². The third kappa shape index (κ3) is 3.56. The molecule has 0 aliphatic carbocycles. The molecule has 1 fully saturated rings. The smallest absolute Gasteiger partial charge is 0.254 e. The predicted molar refractivity (Wildman–Crippen MR) is 75.5 cm³/mol. The molecular formula is C13H18N2O4S. The van der Waals surface area contributed by atoms with Crippen molar-refractivity contribution in [2.24, 2.45) is 0 Å². The molecule has 1 unspecified atom stereocenters. The summed E-state index contributed by atoms with van der Waals surface area (Å²) in [5, 5.41) is 5.79. The summed E-state index contributed by atoms with van der Waals surface area (Å²) in [6.45, 7) is 3.48. The Morgan fingerprint density at radius 1 is 1.45 bits per heavy atom. The minimum Gasteiger partial charge on any atom is -0.366 e. The average Bonchev–Trinajstić information content (AvgIpc) is 2.41. The van der Waals surface area contributed by atoms with E-state index in [0.29, 0.717) is 18.8 Å². The van der Waals surface area contributed by atoms with E-state index < -0.39 is 15.9 Å². The summed E-state index contributed by atoms with van der Waals surface area (Å²) in [4.78, 5) is 12.2. The summed E-state index contributed by atoms with van der Waals surface area (Å²) < 4.78 is 28.4. The topological polar surface area (TPSA) is 84.5 Å². The number of ether oxygens (including phenoxy) is 1. The molecular weight excluding hydrogens is 280 g/mol. The van der Waals surface area contributed by atoms with E-state index in [1.807, 2.05) is 6.92 Å². The lowest BCUT2D eigenvalue weighted by molar-refractivity contribution is -0.128. The van der Waals surface area contributed by atoms with E-state index in [4.69, 9.17) is 4.74 Å². The Morgan fingerprint density at radius 2 is 2.20 bits per heavy atom. The normalized spacial score (nSPS) is 19.6. The van der Waals surface area contributed by atoms with Crippen LogP contribution in [0.2, 0.25) is 0 Å². The van der Waals surface area contributed by atoms with Gasteiger partial charge in [-0.15, -0.1) is 0 Å². The highest BCUT2D eigenvalue weighted by molar-refractivity contribution is 7.90. The molecule has 1 saturated heterocycles. The monoisotopic (exact) mass is 298 g/mol. The molecule has 1 aliphatic rings. The molecule has 1 aromatic rings. The van der Waals surface area contributed by atoms with Crippen molar-refractivity contribution >= 4 is 21.4 Å². The number of rotatable bonds is 3. The van der Waals surface area contributed by atoms with Crippen LogP contribution in [0.15, 0.2) is 23.1 Å². The lowest BCUT2D eigenvalue weighted by atomic mass is 10.2. The van der Waals surface area contributed by atoms with Crippen LogP contribution in [-0.4, -0.2) is 46.4 Å². The standard InChI is InChI=1S/C13H18N2O4S/c1-9-3-4-10(20(2,17)18)7-11(9)15-13(16)12-8-14-5-6-19-12/h3-4,7,12,14H,5-6,8H2,1-2H3,(H,15,16). The second-order valence-corrected chi connectivity index (χ2v) is 6.82. The summed E-state index contributed by atoms with van der Waals surface area (Å²) in [7, 11) is -3.30. The number of hydrogen-bond acceptors (Lipinski definition) is 5. The SMILES string of the molecule is Cc1ccc(S(C)(=O)=O)cc1NC(=O)C1CNCCO1. The van der Waals surface area contributed by atoms with Gasteiger partial charge in [-0.3, -0.25) is 4.79 Å². The Balaban J connectivity index is 2.18. The van der Waals surface area contributed by atoms with Crippen LogP contribution < -0.4 is 10.6 Å². The molecule has 6 nitrogen and oxygen atoms in total. The zero-order valence-corrected chi connectivity index (χ0v) is 12.3. The Bertz CT molecular complexity index is 607. The number of carbonyl (C=O) groups is 1. The number of sulfone groups is 1. The Labute approximate surface area is 118 Å². The number of carbonyl (C=O) groups excluding carboxylic acids is 1. The average molecular weight is 298 g/mol.